The molecule has 0 saturated heterocycles. The lowest BCUT2D eigenvalue weighted by Crippen LogP contribution is -2.31. The Morgan fingerprint density at radius 1 is 1.11 bits per heavy atom. The van der Waals surface area contributed by atoms with E-state index in [4.69, 9.17) is 4.74 Å². The van der Waals surface area contributed by atoms with Crippen molar-refractivity contribution in [2.45, 2.75) is 65.0 Å². The van der Waals surface area contributed by atoms with E-state index in [1.807, 2.05) is 12.1 Å². The van der Waals surface area contributed by atoms with Gasteiger partial charge >= 0.3 is 0 Å². The average Bonchev–Trinajstić information content (AvgIpc) is 2.44. The zero-order valence-electron chi connectivity index (χ0n) is 12.9. The molecule has 1 aromatic rings. The van der Waals surface area contributed by atoms with Crippen molar-refractivity contribution in [3.63, 3.8) is 0 Å². The summed E-state index contributed by atoms with van der Waals surface area (Å²) in [6.07, 6.45) is 6.32. The van der Waals surface area contributed by atoms with Crippen LogP contribution in [0.3, 0.4) is 0 Å². The fourth-order valence-electron chi connectivity index (χ4n) is 2.58. The van der Waals surface area contributed by atoms with Gasteiger partial charge in [0, 0.05) is 17.6 Å². The summed E-state index contributed by atoms with van der Waals surface area (Å²) >= 11 is 0. The van der Waals surface area contributed by atoms with Gasteiger partial charge in [0.05, 0.1) is 7.11 Å². The molecule has 0 fully saturated rings. The highest BCUT2D eigenvalue weighted by atomic mass is 16.5. The minimum absolute atomic E-state index is 0.338. The fraction of sp³-hybridized carbons (Fsp3) is 0.647. The van der Waals surface area contributed by atoms with E-state index in [2.05, 4.69) is 38.2 Å². The molecule has 2 nitrogen and oxygen atoms in total. The van der Waals surface area contributed by atoms with Crippen LogP contribution in [0.25, 0.3) is 0 Å². The van der Waals surface area contributed by atoms with Gasteiger partial charge in [0.15, 0.2) is 0 Å². The topological polar surface area (TPSA) is 21.3 Å². The Kier molecular flexibility index (Phi) is 7.57. The molecule has 108 valence electrons. The molecule has 0 bridgehead atoms. The maximum absolute atomic E-state index is 5.45. The third-order valence-electron chi connectivity index (χ3n) is 3.63. The van der Waals surface area contributed by atoms with Gasteiger partial charge in [0.1, 0.15) is 5.75 Å². The van der Waals surface area contributed by atoms with E-state index < -0.39 is 0 Å². The maximum Gasteiger partial charge on any atom is 0.123 e. The van der Waals surface area contributed by atoms with E-state index in [9.17, 15) is 0 Å². The van der Waals surface area contributed by atoms with Crippen LogP contribution in [0.2, 0.25) is 0 Å². The number of nitrogens with one attached hydrogen (secondary N) is 1. The maximum atomic E-state index is 5.45. The molecule has 19 heavy (non-hydrogen) atoms. The number of hydrogen-bond donors (Lipinski definition) is 1. The van der Waals surface area contributed by atoms with Crippen LogP contribution in [0.4, 0.5) is 0 Å². The van der Waals surface area contributed by atoms with E-state index in [0.717, 1.165) is 5.75 Å². The Bertz CT molecular complexity index is 351. The van der Waals surface area contributed by atoms with Crippen LogP contribution in [0.5, 0.6) is 5.75 Å². The van der Waals surface area contributed by atoms with Crippen molar-refractivity contribution < 1.29 is 4.74 Å². The number of hydrogen-bond acceptors (Lipinski definition) is 2. The Morgan fingerprint density at radius 3 is 2.47 bits per heavy atom. The van der Waals surface area contributed by atoms with Crippen LogP contribution in [-0.4, -0.2) is 13.2 Å². The standard InChI is InChI=1S/C17H29NO/c1-5-7-11-15(10-6-2)18-14(3)16-12-8-9-13-17(16)19-4/h8-9,12-15,18H,5-7,10-11H2,1-4H3. The van der Waals surface area contributed by atoms with Gasteiger partial charge < -0.3 is 10.1 Å². The third-order valence-corrected chi connectivity index (χ3v) is 3.63. The van der Waals surface area contributed by atoms with Crippen molar-refractivity contribution in [1.29, 1.82) is 0 Å². The van der Waals surface area contributed by atoms with Crippen LogP contribution < -0.4 is 10.1 Å². The zero-order valence-corrected chi connectivity index (χ0v) is 12.9. The highest BCUT2D eigenvalue weighted by molar-refractivity contribution is 5.35. The first-order chi connectivity index (χ1) is 9.22. The first-order valence-electron chi connectivity index (χ1n) is 7.61. The minimum atomic E-state index is 0.338. The summed E-state index contributed by atoms with van der Waals surface area (Å²) in [5.74, 6) is 0.980. The Labute approximate surface area is 118 Å². The summed E-state index contributed by atoms with van der Waals surface area (Å²) in [5, 5.41) is 3.76. The van der Waals surface area contributed by atoms with E-state index in [1.165, 1.54) is 37.7 Å². The lowest BCUT2D eigenvalue weighted by molar-refractivity contribution is 0.373. The molecule has 0 radical (unpaired) electrons. The van der Waals surface area contributed by atoms with E-state index in [0.29, 0.717) is 12.1 Å². The summed E-state index contributed by atoms with van der Waals surface area (Å²) < 4.78 is 5.45. The molecule has 0 spiro atoms. The highest BCUT2D eigenvalue weighted by Gasteiger charge is 2.15. The predicted octanol–water partition coefficient (Wildman–Crippen LogP) is 4.70. The van der Waals surface area contributed by atoms with Gasteiger partial charge in [0.25, 0.3) is 0 Å². The van der Waals surface area contributed by atoms with Crippen LogP contribution in [0, 0.1) is 0 Å². The number of ether oxygens (including phenoxy) is 1. The summed E-state index contributed by atoms with van der Waals surface area (Å²) in [6.45, 7) is 6.74. The molecule has 2 atom stereocenters. The Morgan fingerprint density at radius 2 is 1.84 bits per heavy atom. The summed E-state index contributed by atoms with van der Waals surface area (Å²) in [6, 6.07) is 9.25. The van der Waals surface area contributed by atoms with Gasteiger partial charge in [-0.2, -0.15) is 0 Å². The van der Waals surface area contributed by atoms with Crippen molar-refractivity contribution in [3.8, 4) is 5.75 Å². The predicted molar refractivity (Wildman–Crippen MR) is 82.8 cm³/mol. The molecule has 0 aliphatic rings. The average molecular weight is 263 g/mol. The quantitative estimate of drug-likeness (QED) is 0.697. The fourth-order valence-corrected chi connectivity index (χ4v) is 2.58. The molecule has 0 aliphatic heterocycles. The second-order valence-electron chi connectivity index (χ2n) is 5.26. The SMILES string of the molecule is CCCCC(CCC)NC(C)c1ccccc1OC. The molecular formula is C17H29NO. The molecule has 0 heterocycles. The smallest absolute Gasteiger partial charge is 0.123 e. The molecule has 0 saturated carbocycles. The number of methoxy groups -OCH3 is 1. The van der Waals surface area contributed by atoms with Crippen LogP contribution >= 0.6 is 0 Å². The van der Waals surface area contributed by atoms with Crippen LogP contribution in [0.15, 0.2) is 24.3 Å². The molecule has 1 rings (SSSR count). The lowest BCUT2D eigenvalue weighted by Gasteiger charge is -2.24. The summed E-state index contributed by atoms with van der Waals surface area (Å²) in [4.78, 5) is 0. The van der Waals surface area contributed by atoms with Gasteiger partial charge in [-0.3, -0.25) is 0 Å². The van der Waals surface area contributed by atoms with Crippen molar-refractivity contribution in [1.82, 2.24) is 5.32 Å². The number of para-hydroxylation sites is 1. The van der Waals surface area contributed by atoms with E-state index in [1.54, 1.807) is 7.11 Å². The largest absolute Gasteiger partial charge is 0.496 e. The zero-order chi connectivity index (χ0) is 14.1. The molecule has 0 aromatic heterocycles. The molecule has 0 amide bonds. The molecule has 0 aliphatic carbocycles. The second kappa shape index (κ2) is 8.98. The van der Waals surface area contributed by atoms with Gasteiger partial charge in [-0.15, -0.1) is 0 Å². The van der Waals surface area contributed by atoms with Gasteiger partial charge in [-0.1, -0.05) is 51.3 Å². The molecular weight excluding hydrogens is 234 g/mol. The van der Waals surface area contributed by atoms with E-state index in [-0.39, 0.29) is 0 Å². The first kappa shape index (κ1) is 16.0. The number of rotatable bonds is 9. The monoisotopic (exact) mass is 263 g/mol. The van der Waals surface area contributed by atoms with E-state index >= 15 is 0 Å². The Hall–Kier alpha value is -1.02. The summed E-state index contributed by atoms with van der Waals surface area (Å²) in [5.41, 5.74) is 1.25. The second-order valence-corrected chi connectivity index (χ2v) is 5.26. The number of benzene rings is 1. The third kappa shape index (κ3) is 5.23. The summed E-state index contributed by atoms with van der Waals surface area (Å²) in [7, 11) is 1.74. The number of unbranched alkanes of at least 4 members (excludes halogenated alkanes) is 1. The normalized spacial score (nSPS) is 14.1. The van der Waals surface area contributed by atoms with Crippen molar-refractivity contribution in [3.05, 3.63) is 29.8 Å². The molecule has 2 heteroatoms. The van der Waals surface area contributed by atoms with Gasteiger partial charge in [-0.25, -0.2) is 0 Å². The minimum Gasteiger partial charge on any atom is -0.496 e. The lowest BCUT2D eigenvalue weighted by atomic mass is 10.0. The van der Waals surface area contributed by atoms with Crippen molar-refractivity contribution in [2.24, 2.45) is 0 Å². The Balaban J connectivity index is 2.66. The molecule has 1 aromatic carbocycles. The van der Waals surface area contributed by atoms with Gasteiger partial charge in [-0.05, 0) is 25.8 Å². The van der Waals surface area contributed by atoms with Crippen LogP contribution in [-0.2, 0) is 0 Å². The molecule has 1 N–H and O–H groups in total. The molecule has 2 unspecified atom stereocenters. The first-order valence-corrected chi connectivity index (χ1v) is 7.61. The van der Waals surface area contributed by atoms with Crippen LogP contribution in [0.1, 0.15) is 64.5 Å². The van der Waals surface area contributed by atoms with Crippen molar-refractivity contribution in [2.75, 3.05) is 7.11 Å². The van der Waals surface area contributed by atoms with Gasteiger partial charge in [0.2, 0.25) is 0 Å². The van der Waals surface area contributed by atoms with Crippen molar-refractivity contribution >= 4 is 0 Å². The highest BCUT2D eigenvalue weighted by Crippen LogP contribution is 2.25.